The van der Waals surface area contributed by atoms with E-state index in [1.807, 2.05) is 36.1 Å². The second-order valence-corrected chi connectivity index (χ2v) is 7.86. The van der Waals surface area contributed by atoms with Crippen LogP contribution in [0.5, 0.6) is 5.75 Å². The molecule has 30 heavy (non-hydrogen) atoms. The number of hydrogen-bond acceptors (Lipinski definition) is 3. The van der Waals surface area contributed by atoms with Gasteiger partial charge in [0.05, 0.1) is 6.54 Å². The molecule has 2 aromatic rings. The number of carbonyl (C=O) groups is 1. The van der Waals surface area contributed by atoms with Gasteiger partial charge in [-0.15, -0.1) is 0 Å². The van der Waals surface area contributed by atoms with Crippen LogP contribution in [0.2, 0.25) is 5.02 Å². The molecule has 0 aliphatic carbocycles. The fourth-order valence-electron chi connectivity index (χ4n) is 3.29. The Balaban J connectivity index is 1.41. The zero-order valence-electron chi connectivity index (χ0n) is 17.5. The summed E-state index contributed by atoms with van der Waals surface area (Å²) in [6.45, 7) is 4.84. The van der Waals surface area contributed by atoms with Crippen molar-refractivity contribution in [3.8, 4) is 5.75 Å². The average molecular weight is 429 g/mol. The molecule has 2 N–H and O–H groups in total. The van der Waals surface area contributed by atoms with Gasteiger partial charge in [0.2, 0.25) is 5.91 Å². The Kier molecular flexibility index (Phi) is 7.97. The van der Waals surface area contributed by atoms with Crippen molar-refractivity contribution in [2.75, 3.05) is 20.1 Å². The van der Waals surface area contributed by atoms with Gasteiger partial charge in [-0.2, -0.15) is 0 Å². The lowest BCUT2D eigenvalue weighted by Crippen LogP contribution is -2.41. The van der Waals surface area contributed by atoms with Crippen molar-refractivity contribution in [2.45, 2.75) is 39.0 Å². The largest absolute Gasteiger partial charge is 0.489 e. The minimum atomic E-state index is -0.0303. The summed E-state index contributed by atoms with van der Waals surface area (Å²) in [6.07, 6.45) is 1.62. The van der Waals surface area contributed by atoms with E-state index in [1.54, 1.807) is 7.05 Å². The fourth-order valence-corrected chi connectivity index (χ4v) is 3.41. The monoisotopic (exact) mass is 428 g/mol. The van der Waals surface area contributed by atoms with Crippen LogP contribution in [-0.2, 0) is 17.9 Å². The third-order valence-corrected chi connectivity index (χ3v) is 5.21. The second kappa shape index (κ2) is 10.9. The molecule has 1 aliphatic heterocycles. The molecule has 0 aromatic heterocycles. The van der Waals surface area contributed by atoms with E-state index >= 15 is 0 Å². The highest BCUT2D eigenvalue weighted by molar-refractivity contribution is 6.30. The standard InChI is InChI=1S/C23H29ClN4O2/c1-17(30-21-11-9-20(24)10-12-21)14-26-23(25-2)27-15-18-5-7-19(8-6-18)16-28-13-3-4-22(28)29/h5-12,17H,3-4,13-16H2,1-2H3,(H2,25,26,27). The van der Waals surface area contributed by atoms with Gasteiger partial charge in [0, 0.05) is 38.1 Å². The summed E-state index contributed by atoms with van der Waals surface area (Å²) in [5, 5.41) is 7.28. The normalized spacial score (nSPS) is 15.2. The molecule has 1 saturated heterocycles. The van der Waals surface area contributed by atoms with Crippen molar-refractivity contribution >= 4 is 23.5 Å². The highest BCUT2D eigenvalue weighted by Crippen LogP contribution is 2.17. The number of likely N-dealkylation sites (tertiary alicyclic amines) is 1. The van der Waals surface area contributed by atoms with Crippen molar-refractivity contribution in [1.82, 2.24) is 15.5 Å². The maximum atomic E-state index is 11.8. The molecule has 3 rings (SSSR count). The molecule has 1 heterocycles. The molecule has 2 aromatic carbocycles. The van der Waals surface area contributed by atoms with Crippen LogP contribution in [-0.4, -0.2) is 43.0 Å². The van der Waals surface area contributed by atoms with E-state index in [0.717, 1.165) is 29.8 Å². The predicted octanol–water partition coefficient (Wildman–Crippen LogP) is 3.59. The van der Waals surface area contributed by atoms with Gasteiger partial charge >= 0.3 is 0 Å². The lowest BCUT2D eigenvalue weighted by Gasteiger charge is -2.18. The van der Waals surface area contributed by atoms with E-state index < -0.39 is 0 Å². The Morgan fingerprint density at radius 3 is 2.47 bits per heavy atom. The summed E-state index contributed by atoms with van der Waals surface area (Å²) >= 11 is 5.90. The first-order valence-electron chi connectivity index (χ1n) is 10.3. The van der Waals surface area contributed by atoms with Crippen molar-refractivity contribution in [1.29, 1.82) is 0 Å². The number of benzene rings is 2. The molecule has 0 spiro atoms. The Labute approximate surface area is 183 Å². The maximum Gasteiger partial charge on any atom is 0.222 e. The molecule has 1 aliphatic rings. The van der Waals surface area contributed by atoms with Crippen molar-refractivity contribution in [2.24, 2.45) is 4.99 Å². The third-order valence-electron chi connectivity index (χ3n) is 4.96. The van der Waals surface area contributed by atoms with Gasteiger partial charge < -0.3 is 20.3 Å². The van der Waals surface area contributed by atoms with Gasteiger partial charge in [-0.1, -0.05) is 35.9 Å². The molecule has 6 nitrogen and oxygen atoms in total. The minimum absolute atomic E-state index is 0.0303. The zero-order chi connectivity index (χ0) is 21.3. The van der Waals surface area contributed by atoms with Crippen LogP contribution < -0.4 is 15.4 Å². The quantitative estimate of drug-likeness (QED) is 0.498. The van der Waals surface area contributed by atoms with E-state index in [4.69, 9.17) is 16.3 Å². The topological polar surface area (TPSA) is 66.0 Å². The third kappa shape index (κ3) is 6.66. The van der Waals surface area contributed by atoms with Crippen LogP contribution in [0.3, 0.4) is 0 Å². The van der Waals surface area contributed by atoms with Crippen LogP contribution in [0.15, 0.2) is 53.5 Å². The molecule has 0 bridgehead atoms. The van der Waals surface area contributed by atoms with Crippen LogP contribution in [0.1, 0.15) is 30.9 Å². The molecule has 160 valence electrons. The van der Waals surface area contributed by atoms with E-state index in [2.05, 4.69) is 39.9 Å². The van der Waals surface area contributed by atoms with E-state index in [9.17, 15) is 4.79 Å². The Morgan fingerprint density at radius 2 is 1.83 bits per heavy atom. The smallest absolute Gasteiger partial charge is 0.222 e. The number of rotatable bonds is 8. The highest BCUT2D eigenvalue weighted by Gasteiger charge is 2.19. The Hall–Kier alpha value is -2.73. The van der Waals surface area contributed by atoms with Crippen molar-refractivity contribution < 1.29 is 9.53 Å². The maximum absolute atomic E-state index is 11.8. The Bertz CT molecular complexity index is 853. The molecule has 1 amide bonds. The molecular formula is C23H29ClN4O2. The van der Waals surface area contributed by atoms with Gasteiger partial charge in [-0.3, -0.25) is 9.79 Å². The van der Waals surface area contributed by atoms with Gasteiger partial charge in [0.15, 0.2) is 5.96 Å². The highest BCUT2D eigenvalue weighted by atomic mass is 35.5. The SMILES string of the molecule is CN=C(NCc1ccc(CN2CCCC2=O)cc1)NCC(C)Oc1ccc(Cl)cc1. The number of nitrogens with zero attached hydrogens (tertiary/aromatic N) is 2. The van der Waals surface area contributed by atoms with Crippen LogP contribution in [0.4, 0.5) is 0 Å². The van der Waals surface area contributed by atoms with Crippen LogP contribution in [0, 0.1) is 0 Å². The lowest BCUT2D eigenvalue weighted by molar-refractivity contribution is -0.128. The predicted molar refractivity (Wildman–Crippen MR) is 121 cm³/mol. The van der Waals surface area contributed by atoms with E-state index in [-0.39, 0.29) is 12.0 Å². The molecule has 1 atom stereocenters. The number of aliphatic imine (C=N–C) groups is 1. The van der Waals surface area contributed by atoms with Crippen LogP contribution in [0.25, 0.3) is 0 Å². The number of hydrogen-bond donors (Lipinski definition) is 2. The fraction of sp³-hybridized carbons (Fsp3) is 0.391. The van der Waals surface area contributed by atoms with Crippen molar-refractivity contribution in [3.05, 3.63) is 64.7 Å². The lowest BCUT2D eigenvalue weighted by atomic mass is 10.1. The Morgan fingerprint density at radius 1 is 1.13 bits per heavy atom. The summed E-state index contributed by atoms with van der Waals surface area (Å²) in [4.78, 5) is 18.0. The molecule has 1 fully saturated rings. The summed E-state index contributed by atoms with van der Waals surface area (Å²) in [7, 11) is 1.75. The molecule has 7 heteroatoms. The van der Waals surface area contributed by atoms with E-state index in [0.29, 0.717) is 37.0 Å². The van der Waals surface area contributed by atoms with E-state index in [1.165, 1.54) is 0 Å². The second-order valence-electron chi connectivity index (χ2n) is 7.42. The number of amides is 1. The zero-order valence-corrected chi connectivity index (χ0v) is 18.3. The minimum Gasteiger partial charge on any atom is -0.489 e. The van der Waals surface area contributed by atoms with Gasteiger partial charge in [0.1, 0.15) is 11.9 Å². The number of nitrogens with one attached hydrogen (secondary N) is 2. The molecular weight excluding hydrogens is 400 g/mol. The number of ether oxygens (including phenoxy) is 1. The van der Waals surface area contributed by atoms with Crippen LogP contribution >= 0.6 is 11.6 Å². The van der Waals surface area contributed by atoms with Crippen molar-refractivity contribution in [3.63, 3.8) is 0 Å². The molecule has 0 saturated carbocycles. The van der Waals surface area contributed by atoms with Gasteiger partial charge in [-0.25, -0.2) is 0 Å². The molecule has 1 unspecified atom stereocenters. The van der Waals surface area contributed by atoms with Gasteiger partial charge in [-0.05, 0) is 48.7 Å². The summed E-state index contributed by atoms with van der Waals surface area (Å²) in [5.41, 5.74) is 2.31. The number of halogens is 1. The first-order valence-corrected chi connectivity index (χ1v) is 10.6. The number of carbonyl (C=O) groups excluding carboxylic acids is 1. The molecule has 0 radical (unpaired) electrons. The summed E-state index contributed by atoms with van der Waals surface area (Å²) < 4.78 is 5.87. The van der Waals surface area contributed by atoms with Gasteiger partial charge in [0.25, 0.3) is 0 Å². The summed E-state index contributed by atoms with van der Waals surface area (Å²) in [5.74, 6) is 1.76. The summed E-state index contributed by atoms with van der Waals surface area (Å²) in [6, 6.07) is 15.7. The first-order chi connectivity index (χ1) is 14.5. The first kappa shape index (κ1) is 22.0. The average Bonchev–Trinajstić information content (AvgIpc) is 3.15. The number of guanidine groups is 1.